The molecule has 0 atom stereocenters. The number of amides is 4. The number of halogens is 1. The number of para-hydroxylation sites is 1. The lowest BCUT2D eigenvalue weighted by molar-refractivity contribution is -0.122. The number of barbiturate groups is 1. The largest absolute Gasteiger partial charge is 0.488 e. The van der Waals surface area contributed by atoms with E-state index in [1.807, 2.05) is 37.3 Å². The van der Waals surface area contributed by atoms with E-state index in [0.29, 0.717) is 22.0 Å². The molecular formula is C29H21ClN2O4. The number of carbonyl (C=O) groups excluding carboxylic acids is 3. The molecule has 0 aromatic heterocycles. The number of hydrogen-bond donors (Lipinski definition) is 1. The van der Waals surface area contributed by atoms with Crippen molar-refractivity contribution in [1.29, 1.82) is 0 Å². The van der Waals surface area contributed by atoms with E-state index in [4.69, 9.17) is 16.3 Å². The van der Waals surface area contributed by atoms with Crippen molar-refractivity contribution in [3.63, 3.8) is 0 Å². The predicted molar refractivity (Wildman–Crippen MR) is 140 cm³/mol. The third-order valence-electron chi connectivity index (χ3n) is 6.03. The molecular weight excluding hydrogens is 476 g/mol. The topological polar surface area (TPSA) is 75.7 Å². The van der Waals surface area contributed by atoms with E-state index in [0.717, 1.165) is 26.8 Å². The number of ether oxygens (including phenoxy) is 1. The van der Waals surface area contributed by atoms with Crippen LogP contribution in [0.3, 0.4) is 0 Å². The first kappa shape index (κ1) is 23.3. The number of carbonyl (C=O) groups is 3. The van der Waals surface area contributed by atoms with Crippen molar-refractivity contribution >= 4 is 52.0 Å². The van der Waals surface area contributed by atoms with Gasteiger partial charge in [-0.3, -0.25) is 14.9 Å². The minimum atomic E-state index is -0.803. The van der Waals surface area contributed by atoms with Crippen molar-refractivity contribution in [2.24, 2.45) is 0 Å². The van der Waals surface area contributed by atoms with Gasteiger partial charge in [0.15, 0.2) is 0 Å². The highest BCUT2D eigenvalue weighted by Crippen LogP contribution is 2.30. The van der Waals surface area contributed by atoms with E-state index in [2.05, 4.69) is 11.4 Å². The zero-order chi connectivity index (χ0) is 25.2. The van der Waals surface area contributed by atoms with Crippen molar-refractivity contribution in [1.82, 2.24) is 5.32 Å². The summed E-state index contributed by atoms with van der Waals surface area (Å²) < 4.78 is 6.18. The summed E-state index contributed by atoms with van der Waals surface area (Å²) in [5, 5.41) is 4.84. The molecule has 4 aromatic carbocycles. The van der Waals surface area contributed by atoms with Gasteiger partial charge in [-0.25, -0.2) is 9.69 Å². The summed E-state index contributed by atoms with van der Waals surface area (Å²) in [6.45, 7) is 2.30. The number of rotatable bonds is 5. The Morgan fingerprint density at radius 2 is 1.67 bits per heavy atom. The Bertz CT molecular complexity index is 1550. The molecule has 0 saturated carbocycles. The summed E-state index contributed by atoms with van der Waals surface area (Å²) in [6.07, 6.45) is 1.40. The molecule has 5 rings (SSSR count). The molecule has 0 aliphatic carbocycles. The Labute approximate surface area is 212 Å². The van der Waals surface area contributed by atoms with Crippen molar-refractivity contribution in [2.45, 2.75) is 13.5 Å². The van der Waals surface area contributed by atoms with Crippen LogP contribution in [0.1, 0.15) is 16.7 Å². The summed E-state index contributed by atoms with van der Waals surface area (Å²) >= 11 is 6.24. The number of nitrogens with zero attached hydrogens (tertiary/aromatic N) is 1. The average Bonchev–Trinajstić information content (AvgIpc) is 2.87. The molecule has 1 saturated heterocycles. The number of aryl methyl sites for hydroxylation is 1. The molecule has 4 amide bonds. The van der Waals surface area contributed by atoms with E-state index in [-0.39, 0.29) is 12.2 Å². The Hall–Kier alpha value is -4.42. The average molecular weight is 497 g/mol. The Morgan fingerprint density at radius 1 is 0.917 bits per heavy atom. The van der Waals surface area contributed by atoms with Crippen LogP contribution in [0.25, 0.3) is 16.8 Å². The first-order valence-electron chi connectivity index (χ1n) is 11.3. The van der Waals surface area contributed by atoms with E-state index in [9.17, 15) is 14.4 Å². The van der Waals surface area contributed by atoms with Crippen molar-refractivity contribution in [3.8, 4) is 5.75 Å². The number of imide groups is 2. The van der Waals surface area contributed by atoms with Crippen LogP contribution in [0.2, 0.25) is 5.02 Å². The van der Waals surface area contributed by atoms with Gasteiger partial charge in [-0.2, -0.15) is 0 Å². The summed E-state index contributed by atoms with van der Waals surface area (Å²) in [6, 6.07) is 24.8. The Balaban J connectivity index is 1.50. The van der Waals surface area contributed by atoms with Gasteiger partial charge in [0.05, 0.1) is 5.69 Å². The minimum Gasteiger partial charge on any atom is -0.488 e. The fraction of sp³-hybridized carbons (Fsp3) is 0.0690. The summed E-state index contributed by atoms with van der Waals surface area (Å²) in [4.78, 5) is 39.2. The number of benzene rings is 4. The van der Waals surface area contributed by atoms with E-state index < -0.39 is 17.8 Å². The molecule has 1 heterocycles. The lowest BCUT2D eigenvalue weighted by Crippen LogP contribution is -2.54. The monoisotopic (exact) mass is 496 g/mol. The highest BCUT2D eigenvalue weighted by molar-refractivity contribution is 6.39. The molecule has 1 aliphatic heterocycles. The molecule has 1 aliphatic rings. The maximum Gasteiger partial charge on any atom is 0.335 e. The lowest BCUT2D eigenvalue weighted by atomic mass is 10.0. The molecule has 7 heteroatoms. The van der Waals surface area contributed by atoms with E-state index in [1.165, 1.54) is 6.08 Å². The maximum atomic E-state index is 13.2. The van der Waals surface area contributed by atoms with Gasteiger partial charge in [-0.1, -0.05) is 66.2 Å². The molecule has 1 fully saturated rings. The van der Waals surface area contributed by atoms with Gasteiger partial charge in [0.1, 0.15) is 17.9 Å². The fourth-order valence-corrected chi connectivity index (χ4v) is 4.36. The third-order valence-corrected chi connectivity index (χ3v) is 6.27. The highest BCUT2D eigenvalue weighted by Gasteiger charge is 2.36. The molecule has 1 N–H and O–H groups in total. The van der Waals surface area contributed by atoms with Crippen molar-refractivity contribution in [3.05, 3.63) is 112 Å². The van der Waals surface area contributed by atoms with Gasteiger partial charge < -0.3 is 4.74 Å². The fourth-order valence-electron chi connectivity index (χ4n) is 4.17. The molecule has 0 spiro atoms. The SMILES string of the molecule is Cc1ccc2ccccc2c1COc1ccc(Cl)cc1/C=C1\C(=O)NC(=O)N(c2ccccc2)C1=O. The van der Waals surface area contributed by atoms with Gasteiger partial charge in [-0.15, -0.1) is 0 Å². The molecule has 36 heavy (non-hydrogen) atoms. The third kappa shape index (κ3) is 4.46. The van der Waals surface area contributed by atoms with Gasteiger partial charge in [0.25, 0.3) is 11.8 Å². The van der Waals surface area contributed by atoms with Crippen LogP contribution in [0, 0.1) is 6.92 Å². The summed E-state index contributed by atoms with van der Waals surface area (Å²) in [5.41, 5.74) is 2.72. The van der Waals surface area contributed by atoms with Crippen LogP contribution in [0.4, 0.5) is 10.5 Å². The zero-order valence-electron chi connectivity index (χ0n) is 19.3. The van der Waals surface area contributed by atoms with Crippen LogP contribution in [-0.2, 0) is 16.2 Å². The number of nitrogens with one attached hydrogen (secondary N) is 1. The second kappa shape index (κ2) is 9.68. The molecule has 178 valence electrons. The molecule has 6 nitrogen and oxygen atoms in total. The normalized spacial score (nSPS) is 14.9. The number of anilines is 1. The standard InChI is InChI=1S/C29H21ClN2O4/c1-18-11-12-19-7-5-6-10-23(19)25(18)17-36-26-14-13-21(30)15-20(26)16-24-27(33)31-29(35)32(28(24)34)22-8-3-2-4-9-22/h2-16H,17H2,1H3,(H,31,33,35)/b24-16+. The Morgan fingerprint density at radius 3 is 2.47 bits per heavy atom. The molecule has 0 unspecified atom stereocenters. The highest BCUT2D eigenvalue weighted by atomic mass is 35.5. The number of fused-ring (bicyclic) bond motifs is 1. The first-order valence-corrected chi connectivity index (χ1v) is 11.7. The second-order valence-corrected chi connectivity index (χ2v) is 8.78. The van der Waals surface area contributed by atoms with Gasteiger partial charge in [0.2, 0.25) is 0 Å². The minimum absolute atomic E-state index is 0.202. The summed E-state index contributed by atoms with van der Waals surface area (Å²) in [5.74, 6) is -1.07. The van der Waals surface area contributed by atoms with Crippen LogP contribution in [-0.4, -0.2) is 17.8 Å². The molecule has 0 radical (unpaired) electrons. The number of urea groups is 1. The smallest absolute Gasteiger partial charge is 0.335 e. The number of hydrogen-bond acceptors (Lipinski definition) is 4. The first-order chi connectivity index (χ1) is 17.4. The predicted octanol–water partition coefficient (Wildman–Crippen LogP) is 6.05. The summed E-state index contributed by atoms with van der Waals surface area (Å²) in [7, 11) is 0. The van der Waals surface area contributed by atoms with Crippen LogP contribution in [0.15, 0.2) is 90.5 Å². The zero-order valence-corrected chi connectivity index (χ0v) is 20.1. The van der Waals surface area contributed by atoms with Crippen LogP contribution in [0.5, 0.6) is 5.75 Å². The quantitative estimate of drug-likeness (QED) is 0.270. The maximum absolute atomic E-state index is 13.2. The van der Waals surface area contributed by atoms with E-state index >= 15 is 0 Å². The Kier molecular flexibility index (Phi) is 6.27. The van der Waals surface area contributed by atoms with E-state index in [1.54, 1.807) is 48.5 Å². The van der Waals surface area contributed by atoms with Gasteiger partial charge in [0, 0.05) is 16.1 Å². The van der Waals surface area contributed by atoms with Gasteiger partial charge >= 0.3 is 6.03 Å². The van der Waals surface area contributed by atoms with Crippen LogP contribution >= 0.6 is 11.6 Å². The van der Waals surface area contributed by atoms with Gasteiger partial charge in [-0.05, 0) is 59.7 Å². The lowest BCUT2D eigenvalue weighted by Gasteiger charge is -2.26. The van der Waals surface area contributed by atoms with Crippen molar-refractivity contribution in [2.75, 3.05) is 4.90 Å². The van der Waals surface area contributed by atoms with Crippen LogP contribution < -0.4 is 15.0 Å². The molecule has 0 bridgehead atoms. The second-order valence-electron chi connectivity index (χ2n) is 8.35. The molecule has 4 aromatic rings. The van der Waals surface area contributed by atoms with Crippen molar-refractivity contribution < 1.29 is 19.1 Å².